The number of thioether (sulfide) groups is 1. The van der Waals surface area contributed by atoms with Gasteiger partial charge in [0.2, 0.25) is 17.4 Å². The van der Waals surface area contributed by atoms with E-state index >= 15 is 0 Å². The molecule has 0 aliphatic carbocycles. The summed E-state index contributed by atoms with van der Waals surface area (Å²) in [5.74, 6) is -1.96. The first-order valence-electron chi connectivity index (χ1n) is 9.47. The lowest BCUT2D eigenvalue weighted by Crippen LogP contribution is -2.99. The van der Waals surface area contributed by atoms with Crippen LogP contribution in [0.5, 0.6) is 0 Å². The van der Waals surface area contributed by atoms with Crippen molar-refractivity contribution >= 4 is 35.2 Å². The normalized spacial score (nSPS) is 31.5. The van der Waals surface area contributed by atoms with Gasteiger partial charge in [-0.15, -0.1) is 0 Å². The SMILES string of the molecule is CSCC[C@@H]1[NH2+][C@@]2(C(=O)Nc3ccc(F)cc32)[C@H]2C(=O)N(C(C)(C)C)C(=O)[C@H]12. The van der Waals surface area contributed by atoms with Gasteiger partial charge in [-0.1, -0.05) is 0 Å². The number of carbonyl (C=O) groups excluding carboxylic acids is 3. The fourth-order valence-corrected chi connectivity index (χ4v) is 5.62. The van der Waals surface area contributed by atoms with Crippen LogP contribution in [-0.2, 0) is 19.9 Å². The van der Waals surface area contributed by atoms with Crippen molar-refractivity contribution in [2.75, 3.05) is 17.3 Å². The summed E-state index contributed by atoms with van der Waals surface area (Å²) in [6.07, 6.45) is 2.68. The Morgan fingerprint density at radius 1 is 1.25 bits per heavy atom. The van der Waals surface area contributed by atoms with Gasteiger partial charge in [-0.05, 0) is 51.0 Å². The van der Waals surface area contributed by atoms with Crippen LogP contribution in [-0.4, -0.2) is 46.2 Å². The molecular formula is C20H25FN3O3S+. The Hall–Kier alpha value is -1.93. The maximum atomic E-state index is 14.1. The van der Waals surface area contributed by atoms with Gasteiger partial charge in [0.05, 0.1) is 5.69 Å². The molecule has 6 nitrogen and oxygen atoms in total. The summed E-state index contributed by atoms with van der Waals surface area (Å²) in [5.41, 5.74) is -0.987. The van der Waals surface area contributed by atoms with E-state index in [0.717, 1.165) is 5.75 Å². The number of hydrogen-bond acceptors (Lipinski definition) is 4. The number of imide groups is 1. The lowest BCUT2D eigenvalue weighted by atomic mass is 9.76. The third kappa shape index (κ3) is 2.47. The molecule has 1 spiro atoms. The van der Waals surface area contributed by atoms with E-state index < -0.39 is 28.7 Å². The van der Waals surface area contributed by atoms with Gasteiger partial charge in [0.1, 0.15) is 23.7 Å². The first-order chi connectivity index (χ1) is 13.1. The van der Waals surface area contributed by atoms with Gasteiger partial charge in [0.15, 0.2) is 0 Å². The van der Waals surface area contributed by atoms with Gasteiger partial charge in [0, 0.05) is 17.5 Å². The summed E-state index contributed by atoms with van der Waals surface area (Å²) >= 11 is 1.66. The van der Waals surface area contributed by atoms with E-state index in [9.17, 15) is 18.8 Å². The maximum absolute atomic E-state index is 14.1. The van der Waals surface area contributed by atoms with Crippen molar-refractivity contribution in [3.8, 4) is 0 Å². The van der Waals surface area contributed by atoms with Crippen LogP contribution >= 0.6 is 11.8 Å². The van der Waals surface area contributed by atoms with E-state index in [4.69, 9.17) is 0 Å². The highest BCUT2D eigenvalue weighted by atomic mass is 32.2. The summed E-state index contributed by atoms with van der Waals surface area (Å²) in [5, 5.41) is 4.67. The molecule has 0 radical (unpaired) electrons. The minimum absolute atomic E-state index is 0.207. The minimum Gasteiger partial charge on any atom is -0.326 e. The van der Waals surface area contributed by atoms with Gasteiger partial charge >= 0.3 is 0 Å². The summed E-state index contributed by atoms with van der Waals surface area (Å²) in [4.78, 5) is 41.3. The summed E-state index contributed by atoms with van der Waals surface area (Å²) in [6.45, 7) is 5.46. The Labute approximate surface area is 167 Å². The fraction of sp³-hybridized carbons (Fsp3) is 0.550. The Kier molecular flexibility index (Phi) is 4.35. The Morgan fingerprint density at radius 2 is 1.96 bits per heavy atom. The van der Waals surface area contributed by atoms with E-state index in [1.54, 1.807) is 11.8 Å². The van der Waals surface area contributed by atoms with E-state index in [1.165, 1.54) is 23.1 Å². The largest absolute Gasteiger partial charge is 0.326 e. The van der Waals surface area contributed by atoms with E-state index in [2.05, 4.69) is 5.32 Å². The topological polar surface area (TPSA) is 83.1 Å². The number of likely N-dealkylation sites (tertiary alicyclic amines) is 1. The second-order valence-corrected chi connectivity index (χ2v) is 9.80. The minimum atomic E-state index is -1.29. The van der Waals surface area contributed by atoms with E-state index in [0.29, 0.717) is 17.7 Å². The molecule has 4 rings (SSSR count). The van der Waals surface area contributed by atoms with Crippen molar-refractivity contribution in [3.05, 3.63) is 29.6 Å². The smallest absolute Gasteiger partial charge is 0.291 e. The zero-order valence-corrected chi connectivity index (χ0v) is 17.2. The monoisotopic (exact) mass is 406 g/mol. The Balaban J connectivity index is 1.89. The number of nitrogens with two attached hydrogens (primary N) is 1. The molecule has 0 saturated carbocycles. The van der Waals surface area contributed by atoms with Crippen LogP contribution in [0.25, 0.3) is 0 Å². The van der Waals surface area contributed by atoms with Gasteiger partial charge in [-0.3, -0.25) is 19.3 Å². The van der Waals surface area contributed by atoms with Crippen LogP contribution in [0.15, 0.2) is 18.2 Å². The molecular weight excluding hydrogens is 381 g/mol. The van der Waals surface area contributed by atoms with Crippen LogP contribution in [0.4, 0.5) is 10.1 Å². The van der Waals surface area contributed by atoms with E-state index in [-0.39, 0.29) is 23.8 Å². The second kappa shape index (κ2) is 6.29. The third-order valence-electron chi connectivity index (χ3n) is 6.16. The number of nitrogens with zero attached hydrogens (tertiary/aromatic N) is 1. The average Bonchev–Trinajstić information content (AvgIpc) is 3.18. The predicted octanol–water partition coefficient (Wildman–Crippen LogP) is 1.07. The van der Waals surface area contributed by atoms with Crippen molar-refractivity contribution in [2.24, 2.45) is 11.8 Å². The highest BCUT2D eigenvalue weighted by Crippen LogP contribution is 2.50. The van der Waals surface area contributed by atoms with Crippen molar-refractivity contribution in [1.82, 2.24) is 4.90 Å². The van der Waals surface area contributed by atoms with E-state index in [1.807, 2.05) is 32.3 Å². The van der Waals surface area contributed by atoms with Gasteiger partial charge in [-0.2, -0.15) is 11.8 Å². The number of rotatable bonds is 3. The van der Waals surface area contributed by atoms with Gasteiger partial charge in [-0.25, -0.2) is 4.39 Å². The fourth-order valence-electron chi connectivity index (χ4n) is 5.11. The number of fused-ring (bicyclic) bond motifs is 4. The van der Waals surface area contributed by atoms with Crippen LogP contribution in [0.2, 0.25) is 0 Å². The molecule has 3 heterocycles. The number of halogens is 1. The summed E-state index contributed by atoms with van der Waals surface area (Å²) in [6, 6.07) is 3.94. The molecule has 3 amide bonds. The van der Waals surface area contributed by atoms with Crippen molar-refractivity contribution in [3.63, 3.8) is 0 Å². The van der Waals surface area contributed by atoms with Gasteiger partial charge in [0.25, 0.3) is 5.91 Å². The van der Waals surface area contributed by atoms with Crippen LogP contribution < -0.4 is 10.6 Å². The molecule has 2 saturated heterocycles. The molecule has 4 atom stereocenters. The molecule has 28 heavy (non-hydrogen) atoms. The quantitative estimate of drug-likeness (QED) is 0.736. The molecule has 3 N–H and O–H groups in total. The van der Waals surface area contributed by atoms with Crippen molar-refractivity contribution in [2.45, 2.75) is 44.3 Å². The lowest BCUT2D eigenvalue weighted by Gasteiger charge is -2.33. The van der Waals surface area contributed by atoms with Crippen LogP contribution in [0, 0.1) is 17.7 Å². The lowest BCUT2D eigenvalue weighted by molar-refractivity contribution is -0.733. The number of anilines is 1. The molecule has 3 aliphatic rings. The predicted molar refractivity (Wildman–Crippen MR) is 104 cm³/mol. The highest BCUT2D eigenvalue weighted by molar-refractivity contribution is 7.98. The molecule has 0 aromatic heterocycles. The molecule has 0 unspecified atom stereocenters. The zero-order chi connectivity index (χ0) is 20.4. The molecule has 1 aromatic carbocycles. The molecule has 8 heteroatoms. The third-order valence-corrected chi connectivity index (χ3v) is 6.80. The average molecular weight is 407 g/mol. The summed E-state index contributed by atoms with van der Waals surface area (Å²) in [7, 11) is 0. The van der Waals surface area contributed by atoms with Crippen LogP contribution in [0.3, 0.4) is 0 Å². The number of benzene rings is 1. The second-order valence-electron chi connectivity index (χ2n) is 8.81. The zero-order valence-electron chi connectivity index (χ0n) is 16.4. The number of nitrogens with one attached hydrogen (secondary N) is 1. The maximum Gasteiger partial charge on any atom is 0.291 e. The molecule has 1 aromatic rings. The number of amides is 3. The van der Waals surface area contributed by atoms with Crippen molar-refractivity contribution < 1.29 is 24.1 Å². The molecule has 0 bridgehead atoms. The highest BCUT2D eigenvalue weighted by Gasteiger charge is 2.74. The first kappa shape index (κ1) is 19.4. The number of carbonyl (C=O) groups is 3. The summed E-state index contributed by atoms with van der Waals surface area (Å²) < 4.78 is 14.1. The van der Waals surface area contributed by atoms with Crippen molar-refractivity contribution in [1.29, 1.82) is 0 Å². The van der Waals surface area contributed by atoms with Crippen LogP contribution in [0.1, 0.15) is 32.8 Å². The molecule has 150 valence electrons. The Morgan fingerprint density at radius 3 is 2.61 bits per heavy atom. The Bertz CT molecular complexity index is 884. The number of hydrogen-bond donors (Lipinski definition) is 2. The first-order valence-corrected chi connectivity index (χ1v) is 10.9. The number of quaternary nitrogens is 1. The standard InChI is InChI=1S/C20H24FN3O3S/c1-19(2,3)24-16(25)14-13(7-8-28-4)23-20(15(14)17(24)26)11-9-10(21)5-6-12(11)22-18(20)27/h5-6,9,13-15,23H,7-8H2,1-4H3,(H,22,27)/p+1/t13-,14+,15+,20+/m0/s1. The molecule has 3 aliphatic heterocycles. The molecule has 2 fully saturated rings. The van der Waals surface area contributed by atoms with Gasteiger partial charge < -0.3 is 10.6 Å².